The van der Waals surface area contributed by atoms with Crippen LogP contribution in [0.25, 0.3) is 0 Å². The van der Waals surface area contributed by atoms with Gasteiger partial charge < -0.3 is 16.0 Å². The highest BCUT2D eigenvalue weighted by atomic mass is 16.1. The second kappa shape index (κ2) is 4.98. The fraction of sp³-hybridized carbons (Fsp3) is 0.312. The van der Waals surface area contributed by atoms with Crippen molar-refractivity contribution in [2.24, 2.45) is 0 Å². The van der Waals surface area contributed by atoms with Crippen molar-refractivity contribution in [2.75, 3.05) is 16.0 Å². The SMILES string of the molecule is Cc1cnc(Nc2ccc3c(c2)CC(=O)N3)nc1NC1CC1. The number of nitrogens with zero attached hydrogens (tertiary/aromatic N) is 2. The maximum absolute atomic E-state index is 11.4. The van der Waals surface area contributed by atoms with Crippen LogP contribution in [0.2, 0.25) is 0 Å². The number of fused-ring (bicyclic) bond motifs is 1. The number of anilines is 4. The molecule has 2 aromatic rings. The van der Waals surface area contributed by atoms with Crippen molar-refractivity contribution < 1.29 is 4.79 Å². The van der Waals surface area contributed by atoms with Crippen LogP contribution in [0, 0.1) is 6.92 Å². The van der Waals surface area contributed by atoms with Crippen molar-refractivity contribution in [1.29, 1.82) is 0 Å². The molecule has 1 aromatic heterocycles. The molecule has 0 saturated heterocycles. The monoisotopic (exact) mass is 295 g/mol. The number of rotatable bonds is 4. The summed E-state index contributed by atoms with van der Waals surface area (Å²) < 4.78 is 0. The summed E-state index contributed by atoms with van der Waals surface area (Å²) in [6, 6.07) is 6.34. The minimum absolute atomic E-state index is 0.0367. The molecule has 6 heteroatoms. The van der Waals surface area contributed by atoms with Gasteiger partial charge in [0.05, 0.1) is 6.42 Å². The molecule has 2 heterocycles. The Balaban J connectivity index is 1.55. The van der Waals surface area contributed by atoms with Gasteiger partial charge >= 0.3 is 0 Å². The molecule has 112 valence electrons. The molecule has 0 spiro atoms. The number of amides is 1. The van der Waals surface area contributed by atoms with E-state index in [-0.39, 0.29) is 5.91 Å². The molecule has 1 aromatic carbocycles. The molecule has 2 aliphatic rings. The molecule has 0 bridgehead atoms. The Labute approximate surface area is 128 Å². The van der Waals surface area contributed by atoms with Crippen molar-refractivity contribution in [3.05, 3.63) is 35.5 Å². The lowest BCUT2D eigenvalue weighted by Crippen LogP contribution is -2.07. The van der Waals surface area contributed by atoms with Gasteiger partial charge in [0.2, 0.25) is 11.9 Å². The average Bonchev–Trinajstić information content (AvgIpc) is 3.22. The number of carbonyl (C=O) groups is 1. The summed E-state index contributed by atoms with van der Waals surface area (Å²) in [5, 5.41) is 9.45. The second-order valence-electron chi connectivity index (χ2n) is 5.87. The van der Waals surface area contributed by atoms with E-state index in [1.807, 2.05) is 31.3 Å². The Morgan fingerprint density at radius 3 is 3.00 bits per heavy atom. The van der Waals surface area contributed by atoms with E-state index in [1.165, 1.54) is 12.8 Å². The molecule has 0 atom stereocenters. The summed E-state index contributed by atoms with van der Waals surface area (Å²) in [6.45, 7) is 2.00. The summed E-state index contributed by atoms with van der Waals surface area (Å²) in [6.07, 6.45) is 4.66. The molecule has 1 aliphatic heterocycles. The Bertz CT molecular complexity index is 754. The Morgan fingerprint density at radius 2 is 2.18 bits per heavy atom. The predicted molar refractivity (Wildman–Crippen MR) is 85.5 cm³/mol. The smallest absolute Gasteiger partial charge is 0.229 e. The number of benzene rings is 1. The molecule has 22 heavy (non-hydrogen) atoms. The van der Waals surface area contributed by atoms with Gasteiger partial charge in [0.25, 0.3) is 0 Å². The normalized spacial score (nSPS) is 16.1. The maximum atomic E-state index is 11.4. The van der Waals surface area contributed by atoms with Crippen LogP contribution < -0.4 is 16.0 Å². The van der Waals surface area contributed by atoms with E-state index in [4.69, 9.17) is 0 Å². The van der Waals surface area contributed by atoms with Crippen LogP contribution in [-0.4, -0.2) is 21.9 Å². The van der Waals surface area contributed by atoms with E-state index in [0.29, 0.717) is 18.4 Å². The van der Waals surface area contributed by atoms with Gasteiger partial charge in [-0.25, -0.2) is 4.98 Å². The molecular formula is C16H17N5O. The van der Waals surface area contributed by atoms with Crippen LogP contribution in [0.5, 0.6) is 0 Å². The highest BCUT2D eigenvalue weighted by molar-refractivity contribution is 5.99. The molecule has 4 rings (SSSR count). The number of hydrogen-bond acceptors (Lipinski definition) is 5. The average molecular weight is 295 g/mol. The van der Waals surface area contributed by atoms with Crippen LogP contribution in [0.1, 0.15) is 24.0 Å². The maximum Gasteiger partial charge on any atom is 0.229 e. The zero-order chi connectivity index (χ0) is 15.1. The number of nitrogens with one attached hydrogen (secondary N) is 3. The van der Waals surface area contributed by atoms with Crippen LogP contribution in [0.3, 0.4) is 0 Å². The lowest BCUT2D eigenvalue weighted by atomic mass is 10.1. The third-order valence-electron chi connectivity index (χ3n) is 3.88. The van der Waals surface area contributed by atoms with E-state index >= 15 is 0 Å². The molecule has 1 fully saturated rings. The van der Waals surface area contributed by atoms with Crippen LogP contribution in [0.4, 0.5) is 23.1 Å². The first-order valence-electron chi connectivity index (χ1n) is 7.47. The third kappa shape index (κ3) is 2.59. The van der Waals surface area contributed by atoms with E-state index < -0.39 is 0 Å². The van der Waals surface area contributed by atoms with Crippen molar-refractivity contribution in [3.8, 4) is 0 Å². The fourth-order valence-electron chi connectivity index (χ4n) is 2.51. The predicted octanol–water partition coefficient (Wildman–Crippen LogP) is 2.60. The number of aromatic nitrogens is 2. The first-order chi connectivity index (χ1) is 10.7. The zero-order valence-electron chi connectivity index (χ0n) is 12.3. The summed E-state index contributed by atoms with van der Waals surface area (Å²) in [4.78, 5) is 20.3. The Morgan fingerprint density at radius 1 is 1.32 bits per heavy atom. The minimum Gasteiger partial charge on any atom is -0.367 e. The zero-order valence-corrected chi connectivity index (χ0v) is 12.3. The van der Waals surface area contributed by atoms with Gasteiger partial charge in [-0.05, 0) is 43.5 Å². The largest absolute Gasteiger partial charge is 0.367 e. The van der Waals surface area contributed by atoms with Gasteiger partial charge in [0, 0.05) is 29.2 Å². The fourth-order valence-corrected chi connectivity index (χ4v) is 2.51. The molecule has 1 amide bonds. The standard InChI is InChI=1S/C16H17N5O/c1-9-8-17-16(21-15(9)18-11-2-3-11)19-12-4-5-13-10(6-12)7-14(22)20-13/h4-6,8,11H,2-3,7H2,1H3,(H,20,22)(H2,17,18,19,21). The molecule has 1 saturated carbocycles. The lowest BCUT2D eigenvalue weighted by molar-refractivity contribution is -0.115. The summed E-state index contributed by atoms with van der Waals surface area (Å²) in [5.74, 6) is 1.48. The summed E-state index contributed by atoms with van der Waals surface area (Å²) >= 11 is 0. The quantitative estimate of drug-likeness (QED) is 0.808. The molecule has 1 aliphatic carbocycles. The lowest BCUT2D eigenvalue weighted by Gasteiger charge is -2.11. The van der Waals surface area contributed by atoms with E-state index in [9.17, 15) is 4.79 Å². The molecule has 6 nitrogen and oxygen atoms in total. The van der Waals surface area contributed by atoms with Crippen molar-refractivity contribution >= 4 is 29.0 Å². The van der Waals surface area contributed by atoms with Gasteiger partial charge in [-0.3, -0.25) is 4.79 Å². The Kier molecular flexibility index (Phi) is 2.96. The van der Waals surface area contributed by atoms with Crippen molar-refractivity contribution in [3.63, 3.8) is 0 Å². The molecular weight excluding hydrogens is 278 g/mol. The van der Waals surface area contributed by atoms with Gasteiger partial charge in [-0.15, -0.1) is 0 Å². The number of carbonyl (C=O) groups excluding carboxylic acids is 1. The number of hydrogen-bond donors (Lipinski definition) is 3. The van der Waals surface area contributed by atoms with Gasteiger partial charge in [-0.1, -0.05) is 0 Å². The van der Waals surface area contributed by atoms with Crippen LogP contribution in [0.15, 0.2) is 24.4 Å². The van der Waals surface area contributed by atoms with E-state index in [0.717, 1.165) is 28.3 Å². The minimum atomic E-state index is 0.0367. The number of aryl methyl sites for hydroxylation is 1. The highest BCUT2D eigenvalue weighted by Crippen LogP contribution is 2.28. The highest BCUT2D eigenvalue weighted by Gasteiger charge is 2.22. The molecule has 0 unspecified atom stereocenters. The second-order valence-corrected chi connectivity index (χ2v) is 5.87. The molecule has 0 radical (unpaired) electrons. The van der Waals surface area contributed by atoms with Gasteiger partial charge in [0.1, 0.15) is 5.82 Å². The van der Waals surface area contributed by atoms with Crippen molar-refractivity contribution in [2.45, 2.75) is 32.2 Å². The Hall–Kier alpha value is -2.63. The van der Waals surface area contributed by atoms with E-state index in [2.05, 4.69) is 25.9 Å². The molecule has 3 N–H and O–H groups in total. The first kappa shape index (κ1) is 13.1. The first-order valence-corrected chi connectivity index (χ1v) is 7.47. The third-order valence-corrected chi connectivity index (χ3v) is 3.88. The van der Waals surface area contributed by atoms with E-state index in [1.54, 1.807) is 0 Å². The topological polar surface area (TPSA) is 78.9 Å². The van der Waals surface area contributed by atoms with Crippen LogP contribution in [-0.2, 0) is 11.2 Å². The van der Waals surface area contributed by atoms with Gasteiger partial charge in [-0.2, -0.15) is 4.98 Å². The van der Waals surface area contributed by atoms with Gasteiger partial charge in [0.15, 0.2) is 0 Å². The van der Waals surface area contributed by atoms with Crippen molar-refractivity contribution in [1.82, 2.24) is 9.97 Å². The summed E-state index contributed by atoms with van der Waals surface area (Å²) in [5.41, 5.74) is 3.81. The summed E-state index contributed by atoms with van der Waals surface area (Å²) in [7, 11) is 0. The van der Waals surface area contributed by atoms with Crippen LogP contribution >= 0.6 is 0 Å².